The van der Waals surface area contributed by atoms with Gasteiger partial charge in [0.1, 0.15) is 5.60 Å². The van der Waals surface area contributed by atoms with E-state index in [9.17, 15) is 15.0 Å². The van der Waals surface area contributed by atoms with E-state index in [2.05, 4.69) is 20.8 Å². The summed E-state index contributed by atoms with van der Waals surface area (Å²) in [6.07, 6.45) is 10.1. The van der Waals surface area contributed by atoms with Gasteiger partial charge in [-0.25, -0.2) is 0 Å². The number of unbranched alkanes of at least 4 members (excludes halogenated alkanes) is 4. The van der Waals surface area contributed by atoms with Crippen LogP contribution in [0.15, 0.2) is 12.1 Å². The van der Waals surface area contributed by atoms with E-state index in [4.69, 9.17) is 4.74 Å². The van der Waals surface area contributed by atoms with Crippen LogP contribution in [-0.4, -0.2) is 22.3 Å². The zero-order chi connectivity index (χ0) is 21.2. The zero-order valence-corrected chi connectivity index (χ0v) is 18.5. The van der Waals surface area contributed by atoms with Crippen molar-refractivity contribution in [3.8, 4) is 11.5 Å². The smallest absolute Gasteiger partial charge is 0.293 e. The van der Waals surface area contributed by atoms with Crippen LogP contribution < -0.4 is 0 Å². The normalized spacial score (nSPS) is 12.2. The van der Waals surface area contributed by atoms with Crippen molar-refractivity contribution in [2.45, 2.75) is 104 Å². The van der Waals surface area contributed by atoms with Crippen LogP contribution >= 0.6 is 0 Å². The third-order valence-electron chi connectivity index (χ3n) is 5.21. The lowest BCUT2D eigenvalue weighted by Crippen LogP contribution is -2.23. The Kier molecular flexibility index (Phi) is 9.84. The fraction of sp³-hybridized carbons (Fsp3) is 0.708. The maximum Gasteiger partial charge on any atom is 0.293 e. The average molecular weight is 393 g/mol. The van der Waals surface area contributed by atoms with E-state index in [0.29, 0.717) is 11.9 Å². The Morgan fingerprint density at radius 3 is 2.07 bits per heavy atom. The van der Waals surface area contributed by atoms with Crippen LogP contribution in [-0.2, 0) is 22.4 Å². The molecule has 4 nitrogen and oxygen atoms in total. The Morgan fingerprint density at radius 1 is 0.857 bits per heavy atom. The first-order chi connectivity index (χ1) is 13.0. The topological polar surface area (TPSA) is 66.8 Å². The number of carbonyl (C=O) groups excluding carboxylic acids is 1. The second-order valence-electron chi connectivity index (χ2n) is 9.78. The lowest BCUT2D eigenvalue weighted by Gasteiger charge is -2.22. The van der Waals surface area contributed by atoms with Gasteiger partial charge in [-0.1, -0.05) is 46.1 Å². The lowest BCUT2D eigenvalue weighted by atomic mass is 9.89. The van der Waals surface area contributed by atoms with Crippen molar-refractivity contribution in [3.05, 3.63) is 23.3 Å². The van der Waals surface area contributed by atoms with Crippen molar-refractivity contribution in [3.63, 3.8) is 0 Å². The van der Waals surface area contributed by atoms with Crippen molar-refractivity contribution in [1.82, 2.24) is 0 Å². The van der Waals surface area contributed by atoms with Crippen LogP contribution in [0.5, 0.6) is 11.5 Å². The highest BCUT2D eigenvalue weighted by molar-refractivity contribution is 5.47. The van der Waals surface area contributed by atoms with Crippen molar-refractivity contribution in [1.29, 1.82) is 0 Å². The van der Waals surface area contributed by atoms with E-state index in [1.165, 1.54) is 19.3 Å². The van der Waals surface area contributed by atoms with E-state index in [1.807, 2.05) is 19.9 Å². The Labute approximate surface area is 171 Å². The Hall–Kier alpha value is -1.71. The van der Waals surface area contributed by atoms with E-state index in [1.54, 1.807) is 6.07 Å². The lowest BCUT2D eigenvalue weighted by molar-refractivity contribution is -0.140. The number of rotatable bonds is 13. The van der Waals surface area contributed by atoms with Gasteiger partial charge in [0.2, 0.25) is 0 Å². The van der Waals surface area contributed by atoms with E-state index >= 15 is 0 Å². The predicted molar refractivity (Wildman–Crippen MR) is 115 cm³/mol. The van der Waals surface area contributed by atoms with Crippen LogP contribution in [0, 0.1) is 5.41 Å². The van der Waals surface area contributed by atoms with Gasteiger partial charge in [-0.05, 0) is 81.4 Å². The minimum absolute atomic E-state index is 0.0114. The zero-order valence-electron chi connectivity index (χ0n) is 18.5. The summed E-state index contributed by atoms with van der Waals surface area (Å²) >= 11 is 0. The third kappa shape index (κ3) is 10.0. The van der Waals surface area contributed by atoms with Crippen molar-refractivity contribution >= 4 is 6.47 Å². The second-order valence-corrected chi connectivity index (χ2v) is 9.78. The molecule has 0 fully saturated rings. The number of carbonyl (C=O) groups is 1. The van der Waals surface area contributed by atoms with Gasteiger partial charge >= 0.3 is 0 Å². The van der Waals surface area contributed by atoms with E-state index in [0.717, 1.165) is 56.1 Å². The molecule has 0 aliphatic carbocycles. The number of hydrogen-bond acceptors (Lipinski definition) is 4. The molecule has 2 N–H and O–H groups in total. The second kappa shape index (κ2) is 11.3. The maximum absolute atomic E-state index is 10.5. The van der Waals surface area contributed by atoms with E-state index in [-0.39, 0.29) is 11.5 Å². The van der Waals surface area contributed by atoms with Gasteiger partial charge in [-0.15, -0.1) is 0 Å². The molecule has 0 spiro atoms. The monoisotopic (exact) mass is 392 g/mol. The molecule has 0 amide bonds. The largest absolute Gasteiger partial charge is 0.504 e. The van der Waals surface area contributed by atoms with Gasteiger partial charge in [-0.3, -0.25) is 4.79 Å². The first kappa shape index (κ1) is 24.3. The standard InChI is InChI=1S/C24H40O4/c1-23(2,3)14-10-6-8-12-19-16-20(22(27)21(26)17-19)13-9-7-11-15-24(4,5)28-18-25/h16-18,26-27H,6-15H2,1-5H3. The molecule has 0 unspecified atom stereocenters. The molecule has 1 rings (SSSR count). The predicted octanol–water partition coefficient (Wildman–Crippen LogP) is 6.30. The van der Waals surface area contributed by atoms with Crippen LogP contribution in [0.25, 0.3) is 0 Å². The first-order valence-corrected chi connectivity index (χ1v) is 10.7. The van der Waals surface area contributed by atoms with Gasteiger partial charge < -0.3 is 14.9 Å². The van der Waals surface area contributed by atoms with E-state index < -0.39 is 5.60 Å². The molecule has 0 saturated carbocycles. The number of hydrogen-bond donors (Lipinski definition) is 2. The van der Waals surface area contributed by atoms with Gasteiger partial charge in [0.05, 0.1) is 0 Å². The maximum atomic E-state index is 10.5. The molecule has 1 aromatic carbocycles. The summed E-state index contributed by atoms with van der Waals surface area (Å²) < 4.78 is 5.06. The summed E-state index contributed by atoms with van der Waals surface area (Å²) in [6, 6.07) is 3.74. The molecular weight excluding hydrogens is 352 g/mol. The van der Waals surface area contributed by atoms with Gasteiger partial charge in [-0.2, -0.15) is 0 Å². The van der Waals surface area contributed by atoms with Crippen molar-refractivity contribution in [2.24, 2.45) is 5.41 Å². The van der Waals surface area contributed by atoms with Gasteiger partial charge in [0, 0.05) is 0 Å². The summed E-state index contributed by atoms with van der Waals surface area (Å²) in [5.41, 5.74) is 1.89. The number of benzene rings is 1. The highest BCUT2D eigenvalue weighted by atomic mass is 16.5. The molecule has 1 aromatic rings. The molecule has 160 valence electrons. The fourth-order valence-electron chi connectivity index (χ4n) is 3.47. The summed E-state index contributed by atoms with van der Waals surface area (Å²) in [4.78, 5) is 10.5. The average Bonchev–Trinajstić information content (AvgIpc) is 2.57. The molecule has 0 aromatic heterocycles. The highest BCUT2D eigenvalue weighted by Crippen LogP contribution is 2.32. The molecule has 0 aliphatic rings. The minimum Gasteiger partial charge on any atom is -0.504 e. The summed E-state index contributed by atoms with van der Waals surface area (Å²) in [5.74, 6) is 0.00353. The number of phenols is 2. The Morgan fingerprint density at radius 2 is 1.46 bits per heavy atom. The molecule has 0 heterocycles. The van der Waals surface area contributed by atoms with Crippen LogP contribution in [0.3, 0.4) is 0 Å². The van der Waals surface area contributed by atoms with Crippen molar-refractivity contribution < 1.29 is 19.7 Å². The number of phenolic OH excluding ortho intramolecular Hbond substituents is 2. The van der Waals surface area contributed by atoms with Crippen LogP contribution in [0.4, 0.5) is 0 Å². The highest BCUT2D eigenvalue weighted by Gasteiger charge is 2.18. The molecule has 4 heteroatoms. The molecule has 0 aliphatic heterocycles. The summed E-state index contributed by atoms with van der Waals surface area (Å²) in [5, 5.41) is 20.2. The summed E-state index contributed by atoms with van der Waals surface area (Å²) in [7, 11) is 0. The van der Waals surface area contributed by atoms with Gasteiger partial charge in [0.15, 0.2) is 11.5 Å². The first-order valence-electron chi connectivity index (χ1n) is 10.7. The Bertz CT molecular complexity index is 599. The van der Waals surface area contributed by atoms with Crippen LogP contribution in [0.1, 0.15) is 97.1 Å². The molecule has 28 heavy (non-hydrogen) atoms. The molecule has 0 atom stereocenters. The Balaban J connectivity index is 2.44. The minimum atomic E-state index is -0.422. The molecule has 0 saturated heterocycles. The van der Waals surface area contributed by atoms with Crippen LogP contribution in [0.2, 0.25) is 0 Å². The van der Waals surface area contributed by atoms with Crippen molar-refractivity contribution in [2.75, 3.05) is 0 Å². The molecule has 0 radical (unpaired) electrons. The molecular formula is C24H40O4. The SMILES string of the molecule is CC(C)(C)CCCCCc1cc(O)c(O)c(CCCCCC(C)(C)OC=O)c1. The number of aromatic hydroxyl groups is 2. The summed E-state index contributed by atoms with van der Waals surface area (Å²) in [6.45, 7) is 11.1. The fourth-order valence-corrected chi connectivity index (χ4v) is 3.47. The number of ether oxygens (including phenoxy) is 1. The quantitative estimate of drug-likeness (QED) is 0.235. The third-order valence-corrected chi connectivity index (χ3v) is 5.21. The molecule has 0 bridgehead atoms. The number of aryl methyl sites for hydroxylation is 2. The van der Waals surface area contributed by atoms with Gasteiger partial charge in [0.25, 0.3) is 6.47 Å².